The zero-order valence-corrected chi connectivity index (χ0v) is 8.69. The third-order valence-electron chi connectivity index (χ3n) is 2.49. The Morgan fingerprint density at radius 1 is 1.60 bits per heavy atom. The van der Waals surface area contributed by atoms with Crippen LogP contribution < -0.4 is 5.73 Å². The summed E-state index contributed by atoms with van der Waals surface area (Å²) in [7, 11) is 0. The van der Waals surface area contributed by atoms with Gasteiger partial charge in [-0.2, -0.15) is 0 Å². The number of hydrogen-bond acceptors (Lipinski definition) is 4. The van der Waals surface area contributed by atoms with E-state index in [9.17, 15) is 0 Å². The maximum atomic E-state index is 5.60. The van der Waals surface area contributed by atoms with Crippen LogP contribution in [0.25, 0.3) is 0 Å². The van der Waals surface area contributed by atoms with Crippen molar-refractivity contribution in [2.24, 2.45) is 5.92 Å². The van der Waals surface area contributed by atoms with Crippen LogP contribution in [0.15, 0.2) is 18.3 Å². The van der Waals surface area contributed by atoms with Crippen molar-refractivity contribution in [3.05, 3.63) is 23.9 Å². The quantitative estimate of drug-likeness (QED) is 0.808. The molecule has 4 nitrogen and oxygen atoms in total. The predicted molar refractivity (Wildman–Crippen MR) is 57.2 cm³/mol. The second-order valence-electron chi connectivity index (χ2n) is 3.83. The standard InChI is InChI=1S/C11H16N2O2/c12-11-5-9(1-3-13-11)6-15-8-10-2-4-14-7-10/h1,3,5,10H,2,4,6-8H2,(H2,12,13). The van der Waals surface area contributed by atoms with Crippen LogP contribution in [0.5, 0.6) is 0 Å². The van der Waals surface area contributed by atoms with Crippen molar-refractivity contribution in [1.29, 1.82) is 0 Å². The molecule has 1 aliphatic heterocycles. The molecular weight excluding hydrogens is 192 g/mol. The number of nitrogens with zero attached hydrogens (tertiary/aromatic N) is 1. The lowest BCUT2D eigenvalue weighted by atomic mass is 10.1. The molecule has 1 fully saturated rings. The van der Waals surface area contributed by atoms with Gasteiger partial charge >= 0.3 is 0 Å². The van der Waals surface area contributed by atoms with E-state index in [1.165, 1.54) is 0 Å². The van der Waals surface area contributed by atoms with Crippen LogP contribution in [0.4, 0.5) is 5.82 Å². The minimum Gasteiger partial charge on any atom is -0.384 e. The molecule has 2 N–H and O–H groups in total. The Morgan fingerprint density at radius 3 is 3.27 bits per heavy atom. The zero-order valence-electron chi connectivity index (χ0n) is 8.69. The molecule has 1 aromatic rings. The van der Waals surface area contributed by atoms with Gasteiger partial charge in [-0.25, -0.2) is 4.98 Å². The molecule has 0 bridgehead atoms. The highest BCUT2D eigenvalue weighted by molar-refractivity contribution is 5.31. The largest absolute Gasteiger partial charge is 0.384 e. The molecule has 0 aliphatic carbocycles. The van der Waals surface area contributed by atoms with Crippen molar-refractivity contribution in [3.8, 4) is 0 Å². The molecular formula is C11H16N2O2. The highest BCUT2D eigenvalue weighted by Gasteiger charge is 2.15. The fourth-order valence-electron chi connectivity index (χ4n) is 1.64. The first-order valence-corrected chi connectivity index (χ1v) is 5.20. The molecule has 0 saturated carbocycles. The molecule has 2 rings (SSSR count). The van der Waals surface area contributed by atoms with E-state index in [1.807, 2.05) is 12.1 Å². The topological polar surface area (TPSA) is 57.4 Å². The van der Waals surface area contributed by atoms with E-state index < -0.39 is 0 Å². The molecule has 4 heteroatoms. The summed E-state index contributed by atoms with van der Waals surface area (Å²) < 4.78 is 10.9. The fraction of sp³-hybridized carbons (Fsp3) is 0.545. The van der Waals surface area contributed by atoms with Crippen molar-refractivity contribution in [2.45, 2.75) is 13.0 Å². The summed E-state index contributed by atoms with van der Waals surface area (Å²) in [6, 6.07) is 3.76. The number of rotatable bonds is 4. The van der Waals surface area contributed by atoms with Gasteiger partial charge in [0.05, 0.1) is 19.8 Å². The van der Waals surface area contributed by atoms with E-state index in [-0.39, 0.29) is 0 Å². The summed E-state index contributed by atoms with van der Waals surface area (Å²) in [5.74, 6) is 1.10. The lowest BCUT2D eigenvalue weighted by Gasteiger charge is -2.08. The van der Waals surface area contributed by atoms with Crippen molar-refractivity contribution in [2.75, 3.05) is 25.6 Å². The zero-order chi connectivity index (χ0) is 10.5. The third kappa shape index (κ3) is 3.18. The molecule has 15 heavy (non-hydrogen) atoms. The number of aromatic nitrogens is 1. The van der Waals surface area contributed by atoms with Gasteiger partial charge in [-0.1, -0.05) is 0 Å². The van der Waals surface area contributed by atoms with Gasteiger partial charge in [0, 0.05) is 18.7 Å². The van der Waals surface area contributed by atoms with Crippen LogP contribution in [0.1, 0.15) is 12.0 Å². The Morgan fingerprint density at radius 2 is 2.53 bits per heavy atom. The highest BCUT2D eigenvalue weighted by Crippen LogP contribution is 2.13. The molecule has 2 heterocycles. The van der Waals surface area contributed by atoms with Gasteiger partial charge in [0.15, 0.2) is 0 Å². The summed E-state index contributed by atoms with van der Waals surface area (Å²) in [6.45, 7) is 3.07. The number of nitrogen functional groups attached to an aromatic ring is 1. The first-order valence-electron chi connectivity index (χ1n) is 5.20. The predicted octanol–water partition coefficient (Wildman–Crippen LogP) is 1.22. The Balaban J connectivity index is 1.73. The molecule has 0 radical (unpaired) electrons. The van der Waals surface area contributed by atoms with Crippen molar-refractivity contribution in [1.82, 2.24) is 4.98 Å². The molecule has 82 valence electrons. The van der Waals surface area contributed by atoms with E-state index in [0.717, 1.165) is 31.8 Å². The van der Waals surface area contributed by atoms with E-state index >= 15 is 0 Å². The third-order valence-corrected chi connectivity index (χ3v) is 2.49. The van der Waals surface area contributed by atoms with Crippen LogP contribution >= 0.6 is 0 Å². The monoisotopic (exact) mass is 208 g/mol. The van der Waals surface area contributed by atoms with E-state index in [0.29, 0.717) is 18.3 Å². The van der Waals surface area contributed by atoms with Crippen LogP contribution in [0.2, 0.25) is 0 Å². The lowest BCUT2D eigenvalue weighted by molar-refractivity contribution is 0.0791. The Bertz CT molecular complexity index is 311. The maximum absolute atomic E-state index is 5.60. The van der Waals surface area contributed by atoms with Gasteiger partial charge in [-0.15, -0.1) is 0 Å². The van der Waals surface area contributed by atoms with Crippen molar-refractivity contribution < 1.29 is 9.47 Å². The Hall–Kier alpha value is -1.13. The van der Waals surface area contributed by atoms with E-state index in [1.54, 1.807) is 6.20 Å². The number of nitrogens with two attached hydrogens (primary N) is 1. The number of ether oxygens (including phenoxy) is 2. The van der Waals surface area contributed by atoms with Gasteiger partial charge in [0.2, 0.25) is 0 Å². The van der Waals surface area contributed by atoms with Gasteiger partial charge in [0.25, 0.3) is 0 Å². The van der Waals surface area contributed by atoms with Crippen LogP contribution in [0.3, 0.4) is 0 Å². The smallest absolute Gasteiger partial charge is 0.123 e. The van der Waals surface area contributed by atoms with Gasteiger partial charge in [-0.3, -0.25) is 0 Å². The molecule has 1 unspecified atom stereocenters. The maximum Gasteiger partial charge on any atom is 0.123 e. The summed E-state index contributed by atoms with van der Waals surface area (Å²) >= 11 is 0. The van der Waals surface area contributed by atoms with Crippen LogP contribution in [-0.4, -0.2) is 24.8 Å². The fourth-order valence-corrected chi connectivity index (χ4v) is 1.64. The summed E-state index contributed by atoms with van der Waals surface area (Å²) in [5.41, 5.74) is 6.64. The van der Waals surface area contributed by atoms with Crippen molar-refractivity contribution >= 4 is 5.82 Å². The highest BCUT2D eigenvalue weighted by atomic mass is 16.5. The van der Waals surface area contributed by atoms with Gasteiger partial charge < -0.3 is 15.2 Å². The Labute approximate surface area is 89.4 Å². The van der Waals surface area contributed by atoms with Crippen LogP contribution in [-0.2, 0) is 16.1 Å². The average molecular weight is 208 g/mol. The molecule has 1 saturated heterocycles. The van der Waals surface area contributed by atoms with Crippen LogP contribution in [0, 0.1) is 5.92 Å². The molecule has 0 aromatic carbocycles. The summed E-state index contributed by atoms with van der Waals surface area (Å²) in [4.78, 5) is 3.93. The molecule has 1 atom stereocenters. The molecule has 1 aromatic heterocycles. The minimum atomic E-state index is 0.542. The Kier molecular flexibility index (Phi) is 3.53. The van der Waals surface area contributed by atoms with Crippen molar-refractivity contribution in [3.63, 3.8) is 0 Å². The normalized spacial score (nSPS) is 20.7. The molecule has 1 aliphatic rings. The summed E-state index contributed by atoms with van der Waals surface area (Å²) in [6.07, 6.45) is 2.81. The molecule has 0 spiro atoms. The SMILES string of the molecule is Nc1cc(COCC2CCOC2)ccn1. The summed E-state index contributed by atoms with van der Waals surface area (Å²) in [5, 5.41) is 0. The number of hydrogen-bond donors (Lipinski definition) is 1. The van der Waals surface area contributed by atoms with Gasteiger partial charge in [-0.05, 0) is 24.1 Å². The second kappa shape index (κ2) is 5.09. The minimum absolute atomic E-state index is 0.542. The second-order valence-corrected chi connectivity index (χ2v) is 3.83. The first-order chi connectivity index (χ1) is 7.34. The van der Waals surface area contributed by atoms with E-state index in [4.69, 9.17) is 15.2 Å². The lowest BCUT2D eigenvalue weighted by Crippen LogP contribution is -2.09. The molecule has 0 amide bonds. The van der Waals surface area contributed by atoms with E-state index in [2.05, 4.69) is 4.98 Å². The average Bonchev–Trinajstić information content (AvgIpc) is 2.71. The van der Waals surface area contributed by atoms with Gasteiger partial charge in [0.1, 0.15) is 5.82 Å². The number of pyridine rings is 1. The number of anilines is 1. The first kappa shape index (κ1) is 10.4.